The van der Waals surface area contributed by atoms with Gasteiger partial charge in [-0.25, -0.2) is 0 Å². The van der Waals surface area contributed by atoms with Crippen molar-refractivity contribution in [2.24, 2.45) is 5.92 Å². The number of carbonyl (C=O) groups excluding carboxylic acids is 1. The predicted molar refractivity (Wildman–Crippen MR) is 137 cm³/mol. The number of unbranched alkanes of at least 4 members (excludes halogenated alkanes) is 5. The summed E-state index contributed by atoms with van der Waals surface area (Å²) in [5, 5.41) is 10.3. The first kappa shape index (κ1) is 27.3. The Balaban J connectivity index is 1.82. The van der Waals surface area contributed by atoms with Gasteiger partial charge < -0.3 is 19.5 Å². The molecule has 1 amide bonds. The zero-order valence-electron chi connectivity index (χ0n) is 21.8. The smallest absolute Gasteiger partial charge is 0.308 e. The molecule has 7 heteroatoms. The third-order valence-corrected chi connectivity index (χ3v) is 7.47. The Labute approximate surface area is 210 Å². The first-order chi connectivity index (χ1) is 17.0. The number of aliphatic carboxylic acids is 1. The fourth-order valence-electron chi connectivity index (χ4n) is 5.45. The molecule has 196 valence electrons. The van der Waals surface area contributed by atoms with Crippen molar-refractivity contribution >= 4 is 11.9 Å². The first-order valence-electron chi connectivity index (χ1n) is 13.6. The number of hydrogen-bond acceptors (Lipinski definition) is 5. The minimum atomic E-state index is -0.781. The lowest BCUT2D eigenvalue weighted by Crippen LogP contribution is -2.44. The van der Waals surface area contributed by atoms with Gasteiger partial charge in [0.15, 0.2) is 11.5 Å². The minimum Gasteiger partial charge on any atom is -0.481 e. The van der Waals surface area contributed by atoms with Crippen LogP contribution in [0.25, 0.3) is 0 Å². The number of carbonyl (C=O) groups is 2. The van der Waals surface area contributed by atoms with E-state index in [2.05, 4.69) is 25.7 Å². The zero-order valence-corrected chi connectivity index (χ0v) is 21.8. The van der Waals surface area contributed by atoms with Crippen LogP contribution < -0.4 is 9.47 Å². The molecule has 3 atom stereocenters. The zero-order chi connectivity index (χ0) is 25.2. The lowest BCUT2D eigenvalue weighted by atomic mass is 9.83. The number of hydrogen-bond donors (Lipinski definition) is 1. The van der Waals surface area contributed by atoms with E-state index in [1.807, 2.05) is 23.1 Å². The van der Waals surface area contributed by atoms with Crippen LogP contribution in [0.2, 0.25) is 0 Å². The highest BCUT2D eigenvalue weighted by Gasteiger charge is 2.47. The van der Waals surface area contributed by atoms with E-state index in [-0.39, 0.29) is 31.2 Å². The minimum absolute atomic E-state index is 0.126. The molecule has 1 N–H and O–H groups in total. The maximum Gasteiger partial charge on any atom is 0.308 e. The second-order valence-electron chi connectivity index (χ2n) is 10.0. The van der Waals surface area contributed by atoms with E-state index in [4.69, 9.17) is 9.47 Å². The van der Waals surface area contributed by atoms with Gasteiger partial charge in [0.25, 0.3) is 0 Å². The summed E-state index contributed by atoms with van der Waals surface area (Å²) in [6, 6.07) is 5.61. The fraction of sp³-hybridized carbons (Fsp3) is 0.714. The monoisotopic (exact) mass is 488 g/mol. The molecule has 1 fully saturated rings. The number of ether oxygens (including phenoxy) is 2. The van der Waals surface area contributed by atoms with Crippen molar-refractivity contribution in [3.05, 3.63) is 23.8 Å². The first-order valence-corrected chi connectivity index (χ1v) is 13.6. The standard InChI is InChI=1S/C28H44N2O5/c1-4-7-10-11-12-23-27(28(32)33)22(21-13-14-24-25(17-21)35-20-34-24)18-30(23)19-26(31)29(15-8-5-2)16-9-6-3/h13-14,17,22-23,27H,4-12,15-16,18-20H2,1-3H3,(H,32,33). The molecule has 2 heterocycles. The van der Waals surface area contributed by atoms with Crippen molar-refractivity contribution in [3.8, 4) is 11.5 Å². The molecule has 0 radical (unpaired) electrons. The summed E-state index contributed by atoms with van der Waals surface area (Å²) < 4.78 is 11.0. The number of benzene rings is 1. The average Bonchev–Trinajstić information content (AvgIpc) is 3.46. The van der Waals surface area contributed by atoms with Crippen molar-refractivity contribution < 1.29 is 24.2 Å². The van der Waals surface area contributed by atoms with Gasteiger partial charge in [0.05, 0.1) is 12.5 Å². The summed E-state index contributed by atoms with van der Waals surface area (Å²) in [6.07, 6.45) is 9.25. The Morgan fingerprint density at radius 1 is 0.971 bits per heavy atom. The lowest BCUT2D eigenvalue weighted by Gasteiger charge is -2.30. The highest BCUT2D eigenvalue weighted by molar-refractivity contribution is 5.79. The number of rotatable bonds is 15. The van der Waals surface area contributed by atoms with E-state index in [1.165, 1.54) is 0 Å². The summed E-state index contributed by atoms with van der Waals surface area (Å²) >= 11 is 0. The fourth-order valence-corrected chi connectivity index (χ4v) is 5.45. The summed E-state index contributed by atoms with van der Waals surface area (Å²) in [5.41, 5.74) is 0.948. The number of fused-ring (bicyclic) bond motifs is 1. The quantitative estimate of drug-likeness (QED) is 0.338. The lowest BCUT2D eigenvalue weighted by molar-refractivity contribution is -0.144. The van der Waals surface area contributed by atoms with Gasteiger partial charge in [-0.05, 0) is 37.0 Å². The van der Waals surface area contributed by atoms with Crippen LogP contribution in [-0.2, 0) is 9.59 Å². The third kappa shape index (κ3) is 7.12. The van der Waals surface area contributed by atoms with Crippen LogP contribution in [0.15, 0.2) is 18.2 Å². The van der Waals surface area contributed by atoms with E-state index in [0.717, 1.165) is 76.4 Å². The van der Waals surface area contributed by atoms with Gasteiger partial charge in [0.1, 0.15) is 0 Å². The van der Waals surface area contributed by atoms with Gasteiger partial charge in [-0.3, -0.25) is 14.5 Å². The summed E-state index contributed by atoms with van der Waals surface area (Å²) in [5.74, 6) is -0.0247. The maximum atomic E-state index is 13.4. The maximum absolute atomic E-state index is 13.4. The summed E-state index contributed by atoms with van der Waals surface area (Å²) in [6.45, 7) is 9.06. The molecule has 1 aromatic carbocycles. The van der Waals surface area contributed by atoms with Crippen molar-refractivity contribution in [1.82, 2.24) is 9.80 Å². The number of nitrogens with zero attached hydrogens (tertiary/aromatic N) is 2. The molecule has 35 heavy (non-hydrogen) atoms. The van der Waals surface area contributed by atoms with Gasteiger partial charge >= 0.3 is 5.97 Å². The Kier molecular flexibility index (Phi) is 10.7. The van der Waals surface area contributed by atoms with Crippen LogP contribution in [0.1, 0.15) is 90.0 Å². The molecule has 0 aliphatic carbocycles. The molecule has 0 bridgehead atoms. The number of likely N-dealkylation sites (tertiary alicyclic amines) is 1. The van der Waals surface area contributed by atoms with Gasteiger partial charge in [-0.1, -0.05) is 65.4 Å². The van der Waals surface area contributed by atoms with Crippen LogP contribution in [-0.4, -0.2) is 65.8 Å². The number of amides is 1. The van der Waals surface area contributed by atoms with Crippen LogP contribution in [0, 0.1) is 5.92 Å². The van der Waals surface area contributed by atoms with Crippen LogP contribution in [0.3, 0.4) is 0 Å². The van der Waals surface area contributed by atoms with E-state index in [1.54, 1.807) is 0 Å². The van der Waals surface area contributed by atoms with Crippen molar-refractivity contribution in [2.45, 2.75) is 90.5 Å². The molecule has 3 unspecified atom stereocenters. The third-order valence-electron chi connectivity index (χ3n) is 7.47. The van der Waals surface area contributed by atoms with Gasteiger partial charge in [-0.15, -0.1) is 0 Å². The Bertz CT molecular complexity index is 822. The summed E-state index contributed by atoms with van der Waals surface area (Å²) in [7, 11) is 0. The second kappa shape index (κ2) is 13.7. The average molecular weight is 489 g/mol. The molecular weight excluding hydrogens is 444 g/mol. The highest BCUT2D eigenvalue weighted by atomic mass is 16.7. The van der Waals surface area contributed by atoms with E-state index in [9.17, 15) is 14.7 Å². The normalized spacial score (nSPS) is 21.4. The molecule has 2 aliphatic rings. The summed E-state index contributed by atoms with van der Waals surface area (Å²) in [4.78, 5) is 30.1. The van der Waals surface area contributed by atoms with Crippen LogP contribution in [0.4, 0.5) is 0 Å². The molecule has 7 nitrogen and oxygen atoms in total. The molecular formula is C28H44N2O5. The predicted octanol–water partition coefficient (Wildman–Crippen LogP) is 5.28. The molecule has 1 aromatic rings. The number of carboxylic acids is 1. The van der Waals surface area contributed by atoms with Gasteiger partial charge in [-0.2, -0.15) is 0 Å². The van der Waals surface area contributed by atoms with E-state index >= 15 is 0 Å². The molecule has 3 rings (SSSR count). The van der Waals surface area contributed by atoms with Gasteiger partial charge in [0, 0.05) is 31.6 Å². The molecule has 2 aliphatic heterocycles. The number of carboxylic acid groups (broad SMARTS) is 1. The highest BCUT2D eigenvalue weighted by Crippen LogP contribution is 2.43. The SMILES string of the molecule is CCCCCCC1C(C(=O)O)C(c2ccc3c(c2)OCO3)CN1CC(=O)N(CCCC)CCCC. The van der Waals surface area contributed by atoms with Crippen molar-refractivity contribution in [1.29, 1.82) is 0 Å². The molecule has 0 saturated carbocycles. The van der Waals surface area contributed by atoms with E-state index in [0.29, 0.717) is 18.0 Å². The van der Waals surface area contributed by atoms with Crippen LogP contribution in [0.5, 0.6) is 11.5 Å². The van der Waals surface area contributed by atoms with Crippen molar-refractivity contribution in [3.63, 3.8) is 0 Å². The second-order valence-corrected chi connectivity index (χ2v) is 10.0. The van der Waals surface area contributed by atoms with E-state index < -0.39 is 11.9 Å². The Hall–Kier alpha value is -2.28. The molecule has 0 spiro atoms. The Morgan fingerprint density at radius 3 is 2.31 bits per heavy atom. The molecule has 0 aromatic heterocycles. The molecule has 1 saturated heterocycles. The largest absolute Gasteiger partial charge is 0.481 e. The van der Waals surface area contributed by atoms with Crippen molar-refractivity contribution in [2.75, 3.05) is 33.0 Å². The Morgan fingerprint density at radius 2 is 1.66 bits per heavy atom. The van der Waals surface area contributed by atoms with Crippen LogP contribution >= 0.6 is 0 Å². The van der Waals surface area contributed by atoms with Gasteiger partial charge in [0.2, 0.25) is 12.7 Å². The topological polar surface area (TPSA) is 79.3 Å².